The molecule has 0 atom stereocenters. The minimum Gasteiger partial charge on any atom is -0.364 e. The second-order valence-electron chi connectivity index (χ2n) is 12.2. The minimum atomic E-state index is -0.101. The van der Waals surface area contributed by atoms with Crippen LogP contribution < -0.4 is 10.6 Å². The van der Waals surface area contributed by atoms with Gasteiger partial charge in [-0.05, 0) is 75.6 Å². The molecule has 0 saturated heterocycles. The Bertz CT molecular complexity index is 1340. The molecule has 0 radical (unpaired) electrons. The van der Waals surface area contributed by atoms with Gasteiger partial charge in [0.25, 0.3) is 0 Å². The fourth-order valence-corrected chi connectivity index (χ4v) is 5.62. The third-order valence-electron chi connectivity index (χ3n) is 7.51. The summed E-state index contributed by atoms with van der Waals surface area (Å²) in [5.41, 5.74) is 5.72. The summed E-state index contributed by atoms with van der Waals surface area (Å²) in [4.78, 5) is 10.2. The summed E-state index contributed by atoms with van der Waals surface area (Å²) in [7, 11) is 0. The summed E-state index contributed by atoms with van der Waals surface area (Å²) < 4.78 is 2.44. The lowest BCUT2D eigenvalue weighted by Crippen LogP contribution is -2.31. The first-order valence-electron chi connectivity index (χ1n) is 14.2. The van der Waals surface area contributed by atoms with E-state index >= 15 is 0 Å². The van der Waals surface area contributed by atoms with Gasteiger partial charge in [0.1, 0.15) is 11.3 Å². The summed E-state index contributed by atoms with van der Waals surface area (Å²) in [6.07, 6.45) is 6.00. The molecule has 2 aromatic heterocycles. The van der Waals surface area contributed by atoms with E-state index in [2.05, 4.69) is 98.4 Å². The average Bonchev–Trinajstić information content (AvgIpc) is 3.20. The number of hydrogen-bond donors (Lipinski definition) is 2. The van der Waals surface area contributed by atoms with Crippen molar-refractivity contribution in [3.8, 4) is 0 Å². The standard InChI is InChI=1S/C32H43N5/c1-6-7-12-28-35-29-30(26-10-8-9-11-27(26)34-31(29)36-32(3,4)5)37(28)21-24-15-13-23(14-16-24)19-33-20-25-17-22(2)18-25/h8-11,13-16,22,25,33H,6-7,12,17-21H2,1-5H3,(H,34,36). The molecule has 196 valence electrons. The first-order chi connectivity index (χ1) is 17.8. The normalized spacial score (nSPS) is 17.9. The number of pyridine rings is 1. The molecular formula is C32H43N5. The molecule has 0 aliphatic heterocycles. The first-order valence-corrected chi connectivity index (χ1v) is 14.2. The van der Waals surface area contributed by atoms with Crippen LogP contribution in [0.25, 0.3) is 21.9 Å². The first kappa shape index (κ1) is 25.7. The minimum absolute atomic E-state index is 0.101. The number of unbranched alkanes of at least 4 members (excludes halogenated alkanes) is 1. The smallest absolute Gasteiger partial charge is 0.155 e. The second kappa shape index (κ2) is 10.8. The van der Waals surface area contributed by atoms with Crippen LogP contribution in [0, 0.1) is 11.8 Å². The fraction of sp³-hybridized carbons (Fsp3) is 0.500. The van der Waals surface area contributed by atoms with Gasteiger partial charge in [0.15, 0.2) is 5.82 Å². The lowest BCUT2D eigenvalue weighted by Gasteiger charge is -2.32. The number of para-hydroxylation sites is 1. The van der Waals surface area contributed by atoms with Crippen molar-refractivity contribution in [1.82, 2.24) is 19.9 Å². The van der Waals surface area contributed by atoms with Gasteiger partial charge in [0.2, 0.25) is 0 Å². The van der Waals surface area contributed by atoms with Gasteiger partial charge in [0.05, 0.1) is 11.0 Å². The van der Waals surface area contributed by atoms with Crippen molar-refractivity contribution in [2.75, 3.05) is 11.9 Å². The lowest BCUT2D eigenvalue weighted by atomic mass is 9.76. The number of nitrogens with one attached hydrogen (secondary N) is 2. The number of anilines is 1. The van der Waals surface area contributed by atoms with E-state index in [0.717, 1.165) is 73.4 Å². The van der Waals surface area contributed by atoms with Gasteiger partial charge in [-0.1, -0.05) is 62.7 Å². The number of rotatable bonds is 10. The fourth-order valence-electron chi connectivity index (χ4n) is 5.62. The Hall–Kier alpha value is -2.92. The van der Waals surface area contributed by atoms with Gasteiger partial charge < -0.3 is 15.2 Å². The molecule has 1 saturated carbocycles. The second-order valence-corrected chi connectivity index (χ2v) is 12.2. The van der Waals surface area contributed by atoms with E-state index in [1.165, 1.54) is 34.9 Å². The van der Waals surface area contributed by atoms with Gasteiger partial charge in [-0.2, -0.15) is 0 Å². The van der Waals surface area contributed by atoms with E-state index in [9.17, 15) is 0 Å². The van der Waals surface area contributed by atoms with E-state index in [0.29, 0.717) is 0 Å². The van der Waals surface area contributed by atoms with Crippen molar-refractivity contribution in [1.29, 1.82) is 0 Å². The highest BCUT2D eigenvalue weighted by atomic mass is 15.1. The third-order valence-corrected chi connectivity index (χ3v) is 7.51. The summed E-state index contributed by atoms with van der Waals surface area (Å²) in [6.45, 7) is 14.0. The topological polar surface area (TPSA) is 54.8 Å². The maximum Gasteiger partial charge on any atom is 0.155 e. The van der Waals surface area contributed by atoms with Crippen molar-refractivity contribution in [2.24, 2.45) is 11.8 Å². The van der Waals surface area contributed by atoms with Crippen LogP contribution in [-0.4, -0.2) is 26.6 Å². The number of imidazole rings is 1. The van der Waals surface area contributed by atoms with E-state index < -0.39 is 0 Å². The number of aromatic nitrogens is 3. The van der Waals surface area contributed by atoms with Gasteiger partial charge in [-0.3, -0.25) is 0 Å². The van der Waals surface area contributed by atoms with Gasteiger partial charge >= 0.3 is 0 Å². The molecule has 5 rings (SSSR count). The monoisotopic (exact) mass is 497 g/mol. The van der Waals surface area contributed by atoms with Gasteiger partial charge in [0, 0.05) is 30.4 Å². The molecular weight excluding hydrogens is 454 g/mol. The quantitative estimate of drug-likeness (QED) is 0.241. The number of fused-ring (bicyclic) bond motifs is 3. The molecule has 1 aliphatic carbocycles. The summed E-state index contributed by atoms with van der Waals surface area (Å²) >= 11 is 0. The van der Waals surface area contributed by atoms with Gasteiger partial charge in [-0.25, -0.2) is 9.97 Å². The summed E-state index contributed by atoms with van der Waals surface area (Å²) in [5.74, 6) is 3.81. The van der Waals surface area contributed by atoms with Crippen LogP contribution in [-0.2, 0) is 19.5 Å². The molecule has 0 unspecified atom stereocenters. The average molecular weight is 498 g/mol. The van der Waals surface area contributed by atoms with Crippen LogP contribution in [0.2, 0.25) is 0 Å². The van der Waals surface area contributed by atoms with E-state index in [1.807, 2.05) is 0 Å². The van der Waals surface area contributed by atoms with Crippen LogP contribution in [0.15, 0.2) is 48.5 Å². The molecule has 4 aromatic rings. The SMILES string of the molecule is CCCCc1nc2c(NC(C)(C)C)nc3ccccc3c2n1Cc1ccc(CNCC2CC(C)C2)cc1. The summed E-state index contributed by atoms with van der Waals surface area (Å²) in [5, 5.41) is 8.46. The Morgan fingerprint density at radius 1 is 0.973 bits per heavy atom. The predicted molar refractivity (Wildman–Crippen MR) is 156 cm³/mol. The maximum absolute atomic E-state index is 5.20. The molecule has 0 spiro atoms. The van der Waals surface area contributed by atoms with E-state index in [1.54, 1.807) is 0 Å². The highest BCUT2D eigenvalue weighted by Gasteiger charge is 2.24. The van der Waals surface area contributed by atoms with Gasteiger partial charge in [-0.15, -0.1) is 0 Å². The Morgan fingerprint density at radius 3 is 2.41 bits per heavy atom. The Morgan fingerprint density at radius 2 is 1.70 bits per heavy atom. The molecule has 5 nitrogen and oxygen atoms in total. The van der Waals surface area contributed by atoms with Crippen LogP contribution in [0.5, 0.6) is 0 Å². The van der Waals surface area contributed by atoms with Crippen molar-refractivity contribution in [2.45, 2.75) is 85.4 Å². The van der Waals surface area contributed by atoms with Crippen molar-refractivity contribution in [3.05, 3.63) is 65.5 Å². The predicted octanol–water partition coefficient (Wildman–Crippen LogP) is 7.32. The zero-order valence-electron chi connectivity index (χ0n) is 23.3. The molecule has 0 amide bonds. The molecule has 1 aliphatic rings. The highest BCUT2D eigenvalue weighted by molar-refractivity contribution is 6.07. The molecule has 0 bridgehead atoms. The highest BCUT2D eigenvalue weighted by Crippen LogP contribution is 2.33. The molecule has 1 fully saturated rings. The van der Waals surface area contributed by atoms with Crippen LogP contribution in [0.4, 0.5) is 5.82 Å². The van der Waals surface area contributed by atoms with Crippen molar-refractivity contribution >= 4 is 27.8 Å². The van der Waals surface area contributed by atoms with Crippen molar-refractivity contribution < 1.29 is 0 Å². The van der Waals surface area contributed by atoms with Crippen LogP contribution in [0.1, 0.15) is 77.3 Å². The molecule has 2 aromatic carbocycles. The number of benzene rings is 2. The Kier molecular flexibility index (Phi) is 7.52. The molecule has 2 heterocycles. The summed E-state index contributed by atoms with van der Waals surface area (Å²) in [6, 6.07) is 17.6. The number of hydrogen-bond acceptors (Lipinski definition) is 4. The number of aryl methyl sites for hydroxylation is 1. The zero-order valence-corrected chi connectivity index (χ0v) is 23.3. The van der Waals surface area contributed by atoms with Crippen LogP contribution in [0.3, 0.4) is 0 Å². The Balaban J connectivity index is 1.46. The molecule has 5 heteroatoms. The van der Waals surface area contributed by atoms with E-state index in [4.69, 9.17) is 9.97 Å². The number of nitrogens with zero attached hydrogens (tertiary/aromatic N) is 3. The Labute approximate surface area is 222 Å². The third kappa shape index (κ3) is 5.98. The largest absolute Gasteiger partial charge is 0.364 e. The van der Waals surface area contributed by atoms with E-state index in [-0.39, 0.29) is 5.54 Å². The zero-order chi connectivity index (χ0) is 26.0. The molecule has 37 heavy (non-hydrogen) atoms. The van der Waals surface area contributed by atoms with Crippen LogP contribution >= 0.6 is 0 Å². The lowest BCUT2D eigenvalue weighted by molar-refractivity contribution is 0.206. The molecule has 2 N–H and O–H groups in total. The maximum atomic E-state index is 5.20. The van der Waals surface area contributed by atoms with Crippen molar-refractivity contribution in [3.63, 3.8) is 0 Å².